The van der Waals surface area contributed by atoms with Crippen LogP contribution in [0.4, 0.5) is 0 Å². The molecule has 0 aliphatic heterocycles. The van der Waals surface area contributed by atoms with Crippen molar-refractivity contribution in [3.63, 3.8) is 0 Å². The van der Waals surface area contributed by atoms with Crippen LogP contribution in [0.5, 0.6) is 0 Å². The van der Waals surface area contributed by atoms with Gasteiger partial charge in [-0.3, -0.25) is 4.57 Å². The van der Waals surface area contributed by atoms with Gasteiger partial charge < -0.3 is 0 Å². The summed E-state index contributed by atoms with van der Waals surface area (Å²) in [5, 5.41) is 0. The Bertz CT molecular complexity index is 312. The van der Waals surface area contributed by atoms with Crippen molar-refractivity contribution in [1.82, 2.24) is 14.5 Å². The first-order chi connectivity index (χ1) is 5.47. The second-order valence-corrected chi connectivity index (χ2v) is 2.09. The Morgan fingerprint density at radius 2 is 2.45 bits per heavy atom. The number of rotatable bonds is 1. The summed E-state index contributed by atoms with van der Waals surface area (Å²) < 4.78 is 1.83. The summed E-state index contributed by atoms with van der Waals surface area (Å²) in [4.78, 5) is 7.93. The molecule has 2 aromatic rings. The van der Waals surface area contributed by atoms with Crippen LogP contribution in [0.1, 0.15) is 0 Å². The minimum absolute atomic E-state index is 0.838. The van der Waals surface area contributed by atoms with Crippen molar-refractivity contribution >= 4 is 0 Å². The minimum Gasteiger partial charge on any atom is -0.291 e. The molecular formula is C8H6N3. The fourth-order valence-corrected chi connectivity index (χ4v) is 0.856. The summed E-state index contributed by atoms with van der Waals surface area (Å²) in [5.74, 6) is 0.838. The molecule has 0 fully saturated rings. The minimum atomic E-state index is 0.838. The highest BCUT2D eigenvalue weighted by Crippen LogP contribution is 1.99. The third-order valence-corrected chi connectivity index (χ3v) is 1.36. The predicted molar refractivity (Wildman–Crippen MR) is 40.2 cm³/mol. The third-order valence-electron chi connectivity index (χ3n) is 1.36. The van der Waals surface area contributed by atoms with Crippen molar-refractivity contribution in [3.8, 4) is 5.82 Å². The van der Waals surface area contributed by atoms with Gasteiger partial charge in [0.15, 0.2) is 0 Å². The number of nitrogens with zero attached hydrogens (tertiary/aromatic N) is 3. The zero-order valence-electron chi connectivity index (χ0n) is 5.81. The van der Waals surface area contributed by atoms with E-state index >= 15 is 0 Å². The molecule has 1 radical (unpaired) electrons. The van der Waals surface area contributed by atoms with Crippen molar-refractivity contribution < 1.29 is 0 Å². The number of imidazole rings is 1. The Hall–Kier alpha value is -1.64. The summed E-state index contributed by atoms with van der Waals surface area (Å²) in [5.41, 5.74) is 0. The quantitative estimate of drug-likeness (QED) is 0.599. The molecule has 0 aromatic carbocycles. The van der Waals surface area contributed by atoms with Gasteiger partial charge in [0.05, 0.1) is 6.20 Å². The average Bonchev–Trinajstić information content (AvgIpc) is 2.58. The van der Waals surface area contributed by atoms with Gasteiger partial charge >= 0.3 is 0 Å². The molecule has 53 valence electrons. The Morgan fingerprint density at radius 3 is 3.09 bits per heavy atom. The molecule has 3 nitrogen and oxygen atoms in total. The van der Waals surface area contributed by atoms with Gasteiger partial charge in [0, 0.05) is 12.4 Å². The first kappa shape index (κ1) is 6.09. The lowest BCUT2D eigenvalue weighted by Crippen LogP contribution is -1.91. The molecule has 0 N–H and O–H groups in total. The van der Waals surface area contributed by atoms with Crippen molar-refractivity contribution in [3.05, 3.63) is 43.1 Å². The van der Waals surface area contributed by atoms with Crippen LogP contribution in [-0.2, 0) is 0 Å². The number of hydrogen-bond donors (Lipinski definition) is 0. The van der Waals surface area contributed by atoms with Crippen molar-refractivity contribution in [2.24, 2.45) is 0 Å². The van der Waals surface area contributed by atoms with E-state index in [0.29, 0.717) is 0 Å². The SMILES string of the molecule is [c]1cccc(-n2ccnc2)n1. The van der Waals surface area contributed by atoms with E-state index in [1.54, 1.807) is 18.6 Å². The fraction of sp³-hybridized carbons (Fsp3) is 0. The molecule has 2 aromatic heterocycles. The van der Waals surface area contributed by atoms with E-state index in [0.717, 1.165) is 5.82 Å². The molecule has 0 spiro atoms. The third kappa shape index (κ3) is 1.12. The smallest absolute Gasteiger partial charge is 0.138 e. The largest absolute Gasteiger partial charge is 0.291 e. The summed E-state index contributed by atoms with van der Waals surface area (Å²) >= 11 is 0. The molecule has 0 saturated heterocycles. The van der Waals surface area contributed by atoms with E-state index in [1.165, 1.54) is 0 Å². The summed E-state index contributed by atoms with van der Waals surface area (Å²) in [6, 6.07) is 5.56. The molecule has 0 amide bonds. The Morgan fingerprint density at radius 1 is 1.45 bits per heavy atom. The van der Waals surface area contributed by atoms with Crippen LogP contribution in [0, 0.1) is 6.20 Å². The van der Waals surface area contributed by atoms with E-state index in [-0.39, 0.29) is 0 Å². The molecule has 2 heterocycles. The lowest BCUT2D eigenvalue weighted by Gasteiger charge is -1.96. The van der Waals surface area contributed by atoms with Gasteiger partial charge in [-0.25, -0.2) is 9.97 Å². The van der Waals surface area contributed by atoms with Crippen molar-refractivity contribution in [2.45, 2.75) is 0 Å². The van der Waals surface area contributed by atoms with E-state index in [1.807, 2.05) is 22.9 Å². The number of pyridine rings is 1. The second kappa shape index (κ2) is 2.54. The maximum atomic E-state index is 4.02. The molecule has 2 rings (SSSR count). The summed E-state index contributed by atoms with van der Waals surface area (Å²) in [6.07, 6.45) is 8.02. The van der Waals surface area contributed by atoms with Gasteiger partial charge in [0.25, 0.3) is 0 Å². The van der Waals surface area contributed by atoms with Gasteiger partial charge in [0.1, 0.15) is 12.1 Å². The Labute approximate surface area is 64.3 Å². The first-order valence-electron chi connectivity index (χ1n) is 3.28. The average molecular weight is 144 g/mol. The van der Waals surface area contributed by atoms with Gasteiger partial charge in [-0.05, 0) is 12.1 Å². The van der Waals surface area contributed by atoms with Crippen LogP contribution in [0.3, 0.4) is 0 Å². The van der Waals surface area contributed by atoms with E-state index in [4.69, 9.17) is 0 Å². The topological polar surface area (TPSA) is 30.7 Å². The first-order valence-corrected chi connectivity index (χ1v) is 3.28. The van der Waals surface area contributed by atoms with Gasteiger partial charge in [-0.15, -0.1) is 0 Å². The molecule has 0 aliphatic carbocycles. The number of hydrogen-bond acceptors (Lipinski definition) is 2. The number of aromatic nitrogens is 3. The normalized spacial score (nSPS) is 9.82. The summed E-state index contributed by atoms with van der Waals surface area (Å²) in [7, 11) is 0. The van der Waals surface area contributed by atoms with Gasteiger partial charge in [-0.2, -0.15) is 0 Å². The van der Waals surface area contributed by atoms with Crippen molar-refractivity contribution in [2.75, 3.05) is 0 Å². The van der Waals surface area contributed by atoms with Crippen LogP contribution in [0.25, 0.3) is 5.82 Å². The molecule has 0 aliphatic rings. The predicted octanol–water partition coefficient (Wildman–Crippen LogP) is 1.07. The highest BCUT2D eigenvalue weighted by atomic mass is 15.1. The zero-order chi connectivity index (χ0) is 7.52. The van der Waals surface area contributed by atoms with Crippen LogP contribution in [-0.4, -0.2) is 14.5 Å². The lowest BCUT2D eigenvalue weighted by molar-refractivity contribution is 0.990. The van der Waals surface area contributed by atoms with Crippen LogP contribution < -0.4 is 0 Å². The Balaban J connectivity index is 2.46. The molecule has 3 heteroatoms. The van der Waals surface area contributed by atoms with Gasteiger partial charge in [0.2, 0.25) is 0 Å². The monoisotopic (exact) mass is 144 g/mol. The van der Waals surface area contributed by atoms with Crippen LogP contribution >= 0.6 is 0 Å². The van der Waals surface area contributed by atoms with E-state index < -0.39 is 0 Å². The van der Waals surface area contributed by atoms with Crippen molar-refractivity contribution in [1.29, 1.82) is 0 Å². The molecule has 0 atom stereocenters. The van der Waals surface area contributed by atoms with Crippen LogP contribution in [0.15, 0.2) is 36.9 Å². The molecule has 0 bridgehead atoms. The maximum absolute atomic E-state index is 4.02. The highest BCUT2D eigenvalue weighted by molar-refractivity contribution is 5.20. The van der Waals surface area contributed by atoms with Gasteiger partial charge in [-0.1, -0.05) is 6.07 Å². The molecule has 0 unspecified atom stereocenters. The summed E-state index contributed by atoms with van der Waals surface area (Å²) in [6.45, 7) is 0. The molecule has 11 heavy (non-hydrogen) atoms. The molecule has 0 saturated carbocycles. The van der Waals surface area contributed by atoms with E-state index in [2.05, 4.69) is 16.2 Å². The highest BCUT2D eigenvalue weighted by Gasteiger charge is 1.91. The standard InChI is InChI=1S/C8H6N3/c1-2-4-10-8(3-1)11-6-5-9-7-11/h1-3,5-7H. The second-order valence-electron chi connectivity index (χ2n) is 2.09. The lowest BCUT2D eigenvalue weighted by atomic mass is 10.5. The fourth-order valence-electron chi connectivity index (χ4n) is 0.856. The molecular weight excluding hydrogens is 138 g/mol. The Kier molecular flexibility index (Phi) is 1.41. The zero-order valence-corrected chi connectivity index (χ0v) is 5.81. The van der Waals surface area contributed by atoms with Crippen LogP contribution in [0.2, 0.25) is 0 Å². The van der Waals surface area contributed by atoms with E-state index in [9.17, 15) is 0 Å². The maximum Gasteiger partial charge on any atom is 0.138 e.